The molecule has 0 radical (unpaired) electrons. The molecule has 1 aromatic carbocycles. The van der Waals surface area contributed by atoms with Crippen LogP contribution in [0.4, 0.5) is 0 Å². The van der Waals surface area contributed by atoms with Crippen molar-refractivity contribution in [2.45, 2.75) is 45.6 Å². The molecule has 4 heteroatoms. The predicted molar refractivity (Wildman–Crippen MR) is 87.0 cm³/mol. The van der Waals surface area contributed by atoms with Gasteiger partial charge in [0.1, 0.15) is 11.0 Å². The highest BCUT2D eigenvalue weighted by atomic mass is 16.6. The Hall–Kier alpha value is -2.23. The summed E-state index contributed by atoms with van der Waals surface area (Å²) in [6, 6.07) is 8.76. The van der Waals surface area contributed by atoms with Gasteiger partial charge in [-0.1, -0.05) is 36.4 Å². The Kier molecular flexibility index (Phi) is 4.83. The van der Waals surface area contributed by atoms with Crippen LogP contribution < -0.4 is 0 Å². The molecule has 122 valence electrons. The van der Waals surface area contributed by atoms with E-state index in [0.29, 0.717) is 24.8 Å². The highest BCUT2D eigenvalue weighted by Gasteiger charge is 2.49. The molecule has 1 aromatic rings. The Bertz CT molecular complexity index is 637. The zero-order chi connectivity index (χ0) is 17.1. The number of hydrogen-bond acceptors (Lipinski definition) is 4. The van der Waals surface area contributed by atoms with Crippen molar-refractivity contribution in [1.29, 1.82) is 0 Å². The maximum atomic E-state index is 12.5. The molecule has 1 atom stereocenters. The Morgan fingerprint density at radius 1 is 1.17 bits per heavy atom. The van der Waals surface area contributed by atoms with Crippen LogP contribution in [0.5, 0.6) is 0 Å². The van der Waals surface area contributed by atoms with Gasteiger partial charge in [-0.3, -0.25) is 14.4 Å². The number of esters is 1. The Morgan fingerprint density at radius 2 is 1.83 bits per heavy atom. The number of carbonyl (C=O) groups excluding carboxylic acids is 3. The van der Waals surface area contributed by atoms with E-state index in [-0.39, 0.29) is 11.6 Å². The average Bonchev–Trinajstić information content (AvgIpc) is 2.86. The van der Waals surface area contributed by atoms with Crippen LogP contribution in [0.3, 0.4) is 0 Å². The fourth-order valence-corrected chi connectivity index (χ4v) is 2.64. The van der Waals surface area contributed by atoms with Crippen molar-refractivity contribution < 1.29 is 19.1 Å². The minimum Gasteiger partial charge on any atom is -0.459 e. The van der Waals surface area contributed by atoms with Gasteiger partial charge in [-0.05, 0) is 39.7 Å². The van der Waals surface area contributed by atoms with Crippen LogP contribution in [0.1, 0.15) is 50.4 Å². The van der Waals surface area contributed by atoms with Gasteiger partial charge >= 0.3 is 5.97 Å². The van der Waals surface area contributed by atoms with Crippen LogP contribution in [-0.4, -0.2) is 23.1 Å². The van der Waals surface area contributed by atoms with Gasteiger partial charge < -0.3 is 4.74 Å². The smallest absolute Gasteiger partial charge is 0.324 e. The summed E-state index contributed by atoms with van der Waals surface area (Å²) in [7, 11) is 0. The van der Waals surface area contributed by atoms with Gasteiger partial charge in [-0.25, -0.2) is 0 Å². The Morgan fingerprint density at radius 3 is 2.35 bits per heavy atom. The largest absolute Gasteiger partial charge is 0.459 e. The third kappa shape index (κ3) is 3.95. The van der Waals surface area contributed by atoms with Crippen molar-refractivity contribution >= 4 is 17.5 Å². The lowest BCUT2D eigenvalue weighted by atomic mass is 9.84. The van der Waals surface area contributed by atoms with E-state index in [1.807, 2.05) is 6.07 Å². The molecular weight excluding hydrogens is 292 g/mol. The molecule has 0 N–H and O–H groups in total. The fourth-order valence-electron chi connectivity index (χ4n) is 2.64. The number of benzene rings is 1. The van der Waals surface area contributed by atoms with E-state index in [4.69, 9.17) is 4.74 Å². The number of ether oxygens (including phenoxy) is 1. The molecule has 0 aliphatic heterocycles. The molecule has 1 aliphatic rings. The topological polar surface area (TPSA) is 60.4 Å². The maximum Gasteiger partial charge on any atom is 0.324 e. The van der Waals surface area contributed by atoms with Crippen molar-refractivity contribution in [2.24, 2.45) is 5.41 Å². The van der Waals surface area contributed by atoms with E-state index in [9.17, 15) is 14.4 Å². The number of carbonyl (C=O) groups is 3. The highest BCUT2D eigenvalue weighted by molar-refractivity contribution is 6.10. The zero-order valence-corrected chi connectivity index (χ0v) is 13.8. The van der Waals surface area contributed by atoms with Crippen molar-refractivity contribution in [3.63, 3.8) is 0 Å². The van der Waals surface area contributed by atoms with Crippen LogP contribution >= 0.6 is 0 Å². The zero-order valence-electron chi connectivity index (χ0n) is 13.8. The molecular formula is C19H22O4. The van der Waals surface area contributed by atoms with Crippen LogP contribution in [0, 0.1) is 5.41 Å². The Balaban J connectivity index is 2.26. The van der Waals surface area contributed by atoms with Gasteiger partial charge in [-0.2, -0.15) is 0 Å². The molecule has 2 rings (SSSR count). The monoisotopic (exact) mass is 314 g/mol. The minimum atomic E-state index is -1.32. The number of ketones is 2. The number of Topliss-reactive ketones (excluding diaryl/α,β-unsaturated/α-hetero) is 1. The second kappa shape index (κ2) is 6.49. The van der Waals surface area contributed by atoms with Gasteiger partial charge in [-0.15, -0.1) is 0 Å². The van der Waals surface area contributed by atoms with Crippen molar-refractivity contribution in [3.8, 4) is 0 Å². The summed E-state index contributed by atoms with van der Waals surface area (Å²) < 4.78 is 5.41. The van der Waals surface area contributed by atoms with Gasteiger partial charge in [0, 0.05) is 12.0 Å². The normalized spacial score (nSPS) is 21.6. The minimum absolute atomic E-state index is 0.177. The van der Waals surface area contributed by atoms with Crippen molar-refractivity contribution in [1.82, 2.24) is 0 Å². The number of hydrogen-bond donors (Lipinski definition) is 0. The second-order valence-electron chi connectivity index (χ2n) is 6.81. The van der Waals surface area contributed by atoms with E-state index < -0.39 is 17.0 Å². The summed E-state index contributed by atoms with van der Waals surface area (Å²) in [6.07, 6.45) is 4.11. The third-order valence-electron chi connectivity index (χ3n) is 3.81. The summed E-state index contributed by atoms with van der Waals surface area (Å²) in [5.41, 5.74) is -1.48. The molecule has 1 aliphatic carbocycles. The highest BCUT2D eigenvalue weighted by Crippen LogP contribution is 2.38. The molecule has 0 spiro atoms. The van der Waals surface area contributed by atoms with Gasteiger partial charge in [0.15, 0.2) is 11.6 Å². The second-order valence-corrected chi connectivity index (χ2v) is 6.81. The number of allylic oxidation sites excluding steroid dienone is 1. The van der Waals surface area contributed by atoms with E-state index in [0.717, 1.165) is 0 Å². The summed E-state index contributed by atoms with van der Waals surface area (Å²) in [4.78, 5) is 37.1. The SMILES string of the molecule is CC(C)(C)OC(=O)[C@]1(/C=C/C(=O)c2ccccc2)CCCC1=O. The molecule has 0 saturated heterocycles. The first kappa shape index (κ1) is 17.1. The van der Waals surface area contributed by atoms with Crippen LogP contribution in [0.25, 0.3) is 0 Å². The summed E-state index contributed by atoms with van der Waals surface area (Å²) >= 11 is 0. The van der Waals surface area contributed by atoms with E-state index in [2.05, 4.69) is 0 Å². The van der Waals surface area contributed by atoms with Crippen molar-refractivity contribution in [2.75, 3.05) is 0 Å². The van der Waals surface area contributed by atoms with Gasteiger partial charge in [0.2, 0.25) is 0 Å². The Labute approximate surface area is 136 Å². The van der Waals surface area contributed by atoms with Crippen LogP contribution in [-0.2, 0) is 14.3 Å². The quantitative estimate of drug-likeness (QED) is 0.369. The van der Waals surface area contributed by atoms with E-state index >= 15 is 0 Å². The van der Waals surface area contributed by atoms with Crippen molar-refractivity contribution in [3.05, 3.63) is 48.0 Å². The molecule has 1 saturated carbocycles. The first-order valence-corrected chi connectivity index (χ1v) is 7.80. The molecule has 23 heavy (non-hydrogen) atoms. The average molecular weight is 314 g/mol. The van der Waals surface area contributed by atoms with Crippen LogP contribution in [0.2, 0.25) is 0 Å². The molecule has 0 aromatic heterocycles. The maximum absolute atomic E-state index is 12.5. The van der Waals surface area contributed by atoms with E-state index in [1.54, 1.807) is 45.0 Å². The van der Waals surface area contributed by atoms with Gasteiger partial charge in [0.25, 0.3) is 0 Å². The molecule has 0 unspecified atom stereocenters. The third-order valence-corrected chi connectivity index (χ3v) is 3.81. The lowest BCUT2D eigenvalue weighted by Crippen LogP contribution is -2.39. The van der Waals surface area contributed by atoms with E-state index in [1.165, 1.54) is 12.2 Å². The summed E-state index contributed by atoms with van der Waals surface area (Å²) in [5.74, 6) is -0.971. The molecule has 0 bridgehead atoms. The predicted octanol–water partition coefficient (Wildman–Crippen LogP) is 3.51. The standard InChI is InChI=1S/C19H22O4/c1-18(2,3)23-17(22)19(12-7-10-16(19)21)13-11-15(20)14-8-5-4-6-9-14/h4-6,8-9,11,13H,7,10,12H2,1-3H3/b13-11+/t19-/m0/s1. The van der Waals surface area contributed by atoms with Crippen LogP contribution in [0.15, 0.2) is 42.5 Å². The summed E-state index contributed by atoms with van der Waals surface area (Å²) in [6.45, 7) is 5.28. The lowest BCUT2D eigenvalue weighted by molar-refractivity contribution is -0.166. The molecule has 4 nitrogen and oxygen atoms in total. The molecule has 0 heterocycles. The first-order chi connectivity index (χ1) is 10.7. The van der Waals surface area contributed by atoms with Gasteiger partial charge in [0.05, 0.1) is 0 Å². The molecule has 1 fully saturated rings. The number of rotatable bonds is 4. The first-order valence-electron chi connectivity index (χ1n) is 7.80. The fraction of sp³-hybridized carbons (Fsp3) is 0.421. The molecule has 0 amide bonds. The summed E-state index contributed by atoms with van der Waals surface area (Å²) in [5, 5.41) is 0. The lowest BCUT2D eigenvalue weighted by Gasteiger charge is -2.27.